The summed E-state index contributed by atoms with van der Waals surface area (Å²) in [7, 11) is 1.20. The van der Waals surface area contributed by atoms with Crippen LogP contribution in [0.5, 0.6) is 0 Å². The summed E-state index contributed by atoms with van der Waals surface area (Å²) in [5, 5.41) is 12.2. The highest BCUT2D eigenvalue weighted by molar-refractivity contribution is 7.18. The molecule has 0 fully saturated rings. The zero-order valence-electron chi connectivity index (χ0n) is 17.2. The molecule has 0 aliphatic carbocycles. The van der Waals surface area contributed by atoms with E-state index in [1.807, 2.05) is 6.07 Å². The molecule has 1 amide bonds. The molecule has 0 aromatic carbocycles. The number of hydrogen-bond acceptors (Lipinski definition) is 8. The number of ketones is 1. The molecule has 9 nitrogen and oxygen atoms in total. The number of carbonyl (C=O) groups excluding carboxylic acids is 4. The van der Waals surface area contributed by atoms with E-state index in [9.17, 15) is 24.4 Å². The molecule has 0 aliphatic heterocycles. The number of H-pyrrole nitrogens is 1. The first-order valence-corrected chi connectivity index (χ1v) is 9.78. The topological polar surface area (TPSA) is 138 Å². The summed E-state index contributed by atoms with van der Waals surface area (Å²) in [5.41, 5.74) is 1.53. The van der Waals surface area contributed by atoms with E-state index in [4.69, 9.17) is 9.47 Å². The van der Waals surface area contributed by atoms with Crippen LogP contribution in [0.25, 0.3) is 0 Å². The van der Waals surface area contributed by atoms with E-state index in [-0.39, 0.29) is 51.2 Å². The van der Waals surface area contributed by atoms with Crippen molar-refractivity contribution in [1.82, 2.24) is 4.98 Å². The Balaban J connectivity index is 2.35. The average Bonchev–Trinajstić information content (AvgIpc) is 3.17. The van der Waals surface area contributed by atoms with Crippen molar-refractivity contribution in [3.05, 3.63) is 38.5 Å². The van der Waals surface area contributed by atoms with Crippen LogP contribution in [0.15, 0.2) is 0 Å². The minimum atomic E-state index is -0.673. The van der Waals surface area contributed by atoms with Gasteiger partial charge in [-0.2, -0.15) is 5.26 Å². The molecule has 0 bridgehead atoms. The number of ether oxygens (including phenoxy) is 2. The van der Waals surface area contributed by atoms with Crippen molar-refractivity contribution >= 4 is 40.0 Å². The lowest BCUT2D eigenvalue weighted by Crippen LogP contribution is -2.17. The molecular formula is C20H21N3O6S. The summed E-state index contributed by atoms with van der Waals surface area (Å²) in [4.78, 5) is 51.7. The predicted octanol–water partition coefficient (Wildman–Crippen LogP) is 2.91. The third kappa shape index (κ3) is 4.41. The normalized spacial score (nSPS) is 10.3. The monoisotopic (exact) mass is 431 g/mol. The highest BCUT2D eigenvalue weighted by Gasteiger charge is 2.26. The fourth-order valence-electron chi connectivity index (χ4n) is 2.98. The first-order valence-electron chi connectivity index (χ1n) is 8.97. The summed E-state index contributed by atoms with van der Waals surface area (Å²) >= 11 is 0.941. The number of Topliss-reactive ketones (excluding diaryl/α,β-unsaturated/α-hetero) is 1. The first-order chi connectivity index (χ1) is 14.2. The molecule has 30 heavy (non-hydrogen) atoms. The van der Waals surface area contributed by atoms with Gasteiger partial charge in [-0.1, -0.05) is 0 Å². The Morgan fingerprint density at radius 2 is 1.83 bits per heavy atom. The van der Waals surface area contributed by atoms with E-state index in [2.05, 4.69) is 10.3 Å². The fraction of sp³-hybridized carbons (Fsp3) is 0.350. The fourth-order valence-corrected chi connectivity index (χ4v) is 4.05. The predicted molar refractivity (Wildman–Crippen MR) is 109 cm³/mol. The number of aromatic nitrogens is 1. The number of nitriles is 1. The van der Waals surface area contributed by atoms with Crippen LogP contribution in [-0.2, 0) is 20.7 Å². The number of carbonyl (C=O) groups is 4. The lowest BCUT2D eigenvalue weighted by Gasteiger charge is -2.05. The summed E-state index contributed by atoms with van der Waals surface area (Å²) in [6, 6.07) is 1.98. The van der Waals surface area contributed by atoms with Gasteiger partial charge in [0.05, 0.1) is 37.0 Å². The van der Waals surface area contributed by atoms with Crippen LogP contribution >= 0.6 is 11.3 Å². The summed E-state index contributed by atoms with van der Waals surface area (Å²) in [5.74, 6) is -2.07. The van der Waals surface area contributed by atoms with E-state index in [0.29, 0.717) is 11.1 Å². The van der Waals surface area contributed by atoms with Crippen LogP contribution in [0.4, 0.5) is 5.00 Å². The molecule has 0 aliphatic rings. The largest absolute Gasteiger partial charge is 0.465 e. The molecular weight excluding hydrogens is 410 g/mol. The average molecular weight is 431 g/mol. The van der Waals surface area contributed by atoms with E-state index < -0.39 is 17.8 Å². The number of anilines is 1. The van der Waals surface area contributed by atoms with Gasteiger partial charge in [0, 0.05) is 12.6 Å². The van der Waals surface area contributed by atoms with Gasteiger partial charge in [-0.3, -0.25) is 9.59 Å². The first kappa shape index (κ1) is 22.8. The van der Waals surface area contributed by atoms with Gasteiger partial charge in [0.1, 0.15) is 15.9 Å². The number of thiophene rings is 1. The van der Waals surface area contributed by atoms with Crippen molar-refractivity contribution in [3.8, 4) is 6.07 Å². The molecule has 0 spiro atoms. The Morgan fingerprint density at radius 1 is 1.17 bits per heavy atom. The third-order valence-corrected chi connectivity index (χ3v) is 5.57. The molecule has 2 heterocycles. The number of nitrogens with one attached hydrogen (secondary N) is 2. The lowest BCUT2D eigenvalue weighted by molar-refractivity contribution is -0.115. The Kier molecular flexibility index (Phi) is 7.13. The van der Waals surface area contributed by atoms with Gasteiger partial charge >= 0.3 is 11.9 Å². The van der Waals surface area contributed by atoms with Crippen molar-refractivity contribution in [3.63, 3.8) is 0 Å². The minimum absolute atomic E-state index is 0.118. The quantitative estimate of drug-likeness (QED) is 0.508. The molecule has 0 saturated carbocycles. The molecule has 0 saturated heterocycles. The summed E-state index contributed by atoms with van der Waals surface area (Å²) in [6.45, 7) is 6.37. The maximum absolute atomic E-state index is 12.6. The van der Waals surface area contributed by atoms with E-state index in [1.165, 1.54) is 14.0 Å². The standard InChI is InChI=1S/C20H21N3O6S/c1-6-29-20(27)17-9(2)12(8-21)18(30-17)23-14(25)7-13-15(19(26)28-5)10(3)16(22-13)11(4)24/h22H,6-7H2,1-5H3,(H,23,25). The maximum Gasteiger partial charge on any atom is 0.348 e. The van der Waals surface area contributed by atoms with Crippen molar-refractivity contribution in [1.29, 1.82) is 5.26 Å². The number of nitrogens with zero attached hydrogens (tertiary/aromatic N) is 1. The van der Waals surface area contributed by atoms with Crippen LogP contribution in [0.1, 0.15) is 66.7 Å². The zero-order valence-corrected chi connectivity index (χ0v) is 18.0. The zero-order chi connectivity index (χ0) is 22.6. The van der Waals surface area contributed by atoms with Crippen LogP contribution < -0.4 is 5.32 Å². The molecule has 158 valence electrons. The van der Waals surface area contributed by atoms with Gasteiger partial charge in [-0.15, -0.1) is 11.3 Å². The maximum atomic E-state index is 12.6. The Hall–Kier alpha value is -3.45. The molecule has 0 atom stereocenters. The second-order valence-corrected chi connectivity index (χ2v) is 7.36. The van der Waals surface area contributed by atoms with Gasteiger partial charge in [0.25, 0.3) is 0 Å². The van der Waals surface area contributed by atoms with Gasteiger partial charge in [-0.25, -0.2) is 9.59 Å². The Morgan fingerprint density at radius 3 is 2.37 bits per heavy atom. The van der Waals surface area contributed by atoms with Crippen LogP contribution in [0.3, 0.4) is 0 Å². The number of esters is 2. The number of aromatic amines is 1. The van der Waals surface area contributed by atoms with Crippen molar-refractivity contribution in [2.75, 3.05) is 19.0 Å². The molecule has 2 aromatic rings. The summed E-state index contributed by atoms with van der Waals surface area (Å²) < 4.78 is 9.74. The molecule has 2 N–H and O–H groups in total. The molecule has 0 radical (unpaired) electrons. The van der Waals surface area contributed by atoms with Gasteiger partial charge in [0.2, 0.25) is 5.91 Å². The van der Waals surface area contributed by atoms with Gasteiger partial charge in [-0.05, 0) is 31.9 Å². The number of rotatable bonds is 7. The van der Waals surface area contributed by atoms with E-state index >= 15 is 0 Å². The van der Waals surface area contributed by atoms with E-state index in [1.54, 1.807) is 20.8 Å². The van der Waals surface area contributed by atoms with E-state index in [0.717, 1.165) is 11.3 Å². The molecule has 2 aromatic heterocycles. The van der Waals surface area contributed by atoms with Crippen molar-refractivity contribution < 1.29 is 28.7 Å². The van der Waals surface area contributed by atoms with Crippen LogP contribution in [-0.4, -0.2) is 42.3 Å². The van der Waals surface area contributed by atoms with Crippen molar-refractivity contribution in [2.24, 2.45) is 0 Å². The third-order valence-electron chi connectivity index (χ3n) is 4.38. The lowest BCUT2D eigenvalue weighted by atomic mass is 10.1. The van der Waals surface area contributed by atoms with Gasteiger partial charge in [0.15, 0.2) is 5.78 Å². The van der Waals surface area contributed by atoms with Crippen LogP contribution in [0, 0.1) is 25.2 Å². The van der Waals surface area contributed by atoms with Crippen LogP contribution in [0.2, 0.25) is 0 Å². The van der Waals surface area contributed by atoms with Crippen molar-refractivity contribution in [2.45, 2.75) is 34.1 Å². The number of hydrogen-bond donors (Lipinski definition) is 2. The van der Waals surface area contributed by atoms with Gasteiger partial charge < -0.3 is 19.8 Å². The SMILES string of the molecule is CCOC(=O)c1sc(NC(=O)Cc2[nH]c(C(C)=O)c(C)c2C(=O)OC)c(C#N)c1C. The Bertz CT molecular complexity index is 1070. The number of amides is 1. The second-order valence-electron chi connectivity index (χ2n) is 6.34. The Labute approximate surface area is 177 Å². The number of methoxy groups -OCH3 is 1. The second kappa shape index (κ2) is 9.37. The molecule has 2 rings (SSSR count). The molecule has 0 unspecified atom stereocenters. The minimum Gasteiger partial charge on any atom is -0.465 e. The molecule has 10 heteroatoms. The smallest absolute Gasteiger partial charge is 0.348 e. The highest BCUT2D eigenvalue weighted by Crippen LogP contribution is 2.33. The summed E-state index contributed by atoms with van der Waals surface area (Å²) in [6.07, 6.45) is -0.269. The highest BCUT2D eigenvalue weighted by atomic mass is 32.1.